The molecule has 0 fully saturated rings. The van der Waals surface area contributed by atoms with Gasteiger partial charge in [0.15, 0.2) is 0 Å². The fraction of sp³-hybridized carbons (Fsp3) is 0.667. The van der Waals surface area contributed by atoms with E-state index in [-0.39, 0.29) is 6.54 Å². The van der Waals surface area contributed by atoms with Crippen LogP contribution in [0.2, 0.25) is 0 Å². The van der Waals surface area contributed by atoms with Gasteiger partial charge in [-0.15, -0.1) is 10.2 Å². The standard InChI is InChI=1S/C15H21F3N6/c1-9(2)13-10(3)11(21-22(13)4)7-23-5-6-24-12(8-23)19-20-14(24)15(16,17)18/h9H,5-8H2,1-4H3. The van der Waals surface area contributed by atoms with Crippen molar-refractivity contribution in [1.82, 2.24) is 29.4 Å². The first-order valence-corrected chi connectivity index (χ1v) is 7.92. The SMILES string of the molecule is Cc1c(CN2CCn3c(nnc3C(F)(F)F)C2)nn(C)c1C(C)C. The van der Waals surface area contributed by atoms with E-state index in [1.54, 1.807) is 0 Å². The maximum absolute atomic E-state index is 12.9. The summed E-state index contributed by atoms with van der Waals surface area (Å²) in [4.78, 5) is 2.06. The lowest BCUT2D eigenvalue weighted by Gasteiger charge is -2.27. The molecule has 0 unspecified atom stereocenters. The average Bonchev–Trinajstić information content (AvgIpc) is 2.99. The number of hydrogen-bond donors (Lipinski definition) is 0. The van der Waals surface area contributed by atoms with Gasteiger partial charge >= 0.3 is 6.18 Å². The van der Waals surface area contributed by atoms with Crippen LogP contribution >= 0.6 is 0 Å². The van der Waals surface area contributed by atoms with Crippen molar-refractivity contribution in [3.8, 4) is 0 Å². The minimum atomic E-state index is -4.46. The summed E-state index contributed by atoms with van der Waals surface area (Å²) in [6.45, 7) is 7.98. The minimum absolute atomic E-state index is 0.236. The van der Waals surface area contributed by atoms with Gasteiger partial charge in [0.05, 0.1) is 12.2 Å². The Morgan fingerprint density at radius 1 is 1.17 bits per heavy atom. The monoisotopic (exact) mass is 342 g/mol. The van der Waals surface area contributed by atoms with Gasteiger partial charge in [-0.25, -0.2) is 0 Å². The highest BCUT2D eigenvalue weighted by Crippen LogP contribution is 2.30. The quantitative estimate of drug-likeness (QED) is 0.860. The van der Waals surface area contributed by atoms with Crippen molar-refractivity contribution in [2.45, 2.75) is 52.5 Å². The molecule has 132 valence electrons. The normalized spacial score (nSPS) is 16.0. The predicted molar refractivity (Wildman–Crippen MR) is 81.2 cm³/mol. The molecule has 0 saturated heterocycles. The zero-order valence-electron chi connectivity index (χ0n) is 14.2. The summed E-state index contributed by atoms with van der Waals surface area (Å²) in [6, 6.07) is 0. The lowest BCUT2D eigenvalue weighted by atomic mass is 10.0. The minimum Gasteiger partial charge on any atom is -0.305 e. The highest BCUT2D eigenvalue weighted by molar-refractivity contribution is 5.27. The summed E-state index contributed by atoms with van der Waals surface area (Å²) in [5.74, 6) is -0.186. The van der Waals surface area contributed by atoms with E-state index in [0.29, 0.717) is 31.4 Å². The molecule has 9 heteroatoms. The highest BCUT2D eigenvalue weighted by Gasteiger charge is 2.39. The van der Waals surface area contributed by atoms with Gasteiger partial charge in [0.1, 0.15) is 5.82 Å². The van der Waals surface area contributed by atoms with Crippen LogP contribution in [-0.2, 0) is 32.9 Å². The van der Waals surface area contributed by atoms with Crippen molar-refractivity contribution in [3.05, 3.63) is 28.6 Å². The summed E-state index contributed by atoms with van der Waals surface area (Å²) in [7, 11) is 1.92. The smallest absolute Gasteiger partial charge is 0.305 e. The number of nitrogens with zero attached hydrogens (tertiary/aromatic N) is 6. The number of alkyl halides is 3. The lowest BCUT2D eigenvalue weighted by molar-refractivity contribution is -0.148. The Morgan fingerprint density at radius 2 is 1.88 bits per heavy atom. The summed E-state index contributed by atoms with van der Waals surface area (Å²) >= 11 is 0. The van der Waals surface area contributed by atoms with Crippen LogP contribution in [0.3, 0.4) is 0 Å². The van der Waals surface area contributed by atoms with Crippen LogP contribution in [0.1, 0.15) is 48.4 Å². The Hall–Kier alpha value is -1.90. The van der Waals surface area contributed by atoms with Crippen molar-refractivity contribution >= 4 is 0 Å². The molecule has 6 nitrogen and oxygen atoms in total. The van der Waals surface area contributed by atoms with E-state index in [1.807, 2.05) is 18.7 Å². The molecule has 1 aliphatic rings. The second-order valence-electron chi connectivity index (χ2n) is 6.54. The molecule has 1 aliphatic heterocycles. The number of fused-ring (bicyclic) bond motifs is 1. The third-order valence-electron chi connectivity index (χ3n) is 4.44. The molecule has 0 amide bonds. The van der Waals surface area contributed by atoms with Gasteiger partial charge in [0.25, 0.3) is 0 Å². The first-order chi connectivity index (χ1) is 11.2. The number of halogens is 3. The number of aryl methyl sites for hydroxylation is 1. The molecular formula is C15H21F3N6. The third kappa shape index (κ3) is 2.92. The van der Waals surface area contributed by atoms with E-state index < -0.39 is 12.0 Å². The Bertz CT molecular complexity index is 743. The van der Waals surface area contributed by atoms with Crippen LogP contribution in [-0.4, -0.2) is 36.0 Å². The molecule has 0 N–H and O–H groups in total. The van der Waals surface area contributed by atoms with Crippen molar-refractivity contribution in [3.63, 3.8) is 0 Å². The van der Waals surface area contributed by atoms with Gasteiger partial charge in [0.2, 0.25) is 5.82 Å². The van der Waals surface area contributed by atoms with Gasteiger partial charge in [0, 0.05) is 32.4 Å². The average molecular weight is 342 g/mol. The van der Waals surface area contributed by atoms with Crippen LogP contribution in [0.4, 0.5) is 13.2 Å². The van der Waals surface area contributed by atoms with Crippen LogP contribution < -0.4 is 0 Å². The molecule has 0 radical (unpaired) electrons. The molecule has 0 aromatic carbocycles. The summed E-state index contributed by atoms with van der Waals surface area (Å²) in [5.41, 5.74) is 3.30. The van der Waals surface area contributed by atoms with E-state index in [9.17, 15) is 13.2 Å². The summed E-state index contributed by atoms with van der Waals surface area (Å²) in [5, 5.41) is 11.6. The van der Waals surface area contributed by atoms with Crippen molar-refractivity contribution < 1.29 is 13.2 Å². The summed E-state index contributed by atoms with van der Waals surface area (Å²) < 4.78 is 41.7. The van der Waals surface area contributed by atoms with E-state index in [2.05, 4.69) is 34.0 Å². The van der Waals surface area contributed by atoms with Crippen molar-refractivity contribution in [2.75, 3.05) is 6.54 Å². The molecule has 0 atom stereocenters. The van der Waals surface area contributed by atoms with Gasteiger partial charge < -0.3 is 4.57 Å². The van der Waals surface area contributed by atoms with Crippen molar-refractivity contribution in [2.24, 2.45) is 7.05 Å². The maximum atomic E-state index is 12.9. The van der Waals surface area contributed by atoms with Gasteiger partial charge in [-0.05, 0) is 18.4 Å². The number of hydrogen-bond acceptors (Lipinski definition) is 4. The molecule has 3 heterocycles. The second kappa shape index (κ2) is 5.87. The molecule has 0 spiro atoms. The van der Waals surface area contributed by atoms with Crippen molar-refractivity contribution in [1.29, 1.82) is 0 Å². The molecule has 0 saturated carbocycles. The second-order valence-corrected chi connectivity index (χ2v) is 6.54. The zero-order valence-corrected chi connectivity index (χ0v) is 14.2. The Kier molecular flexibility index (Phi) is 4.15. The maximum Gasteiger partial charge on any atom is 0.451 e. The summed E-state index contributed by atoms with van der Waals surface area (Å²) in [6.07, 6.45) is -4.46. The van der Waals surface area contributed by atoms with Crippen LogP contribution in [0.15, 0.2) is 0 Å². The molecule has 2 aromatic heterocycles. The fourth-order valence-electron chi connectivity index (χ4n) is 3.42. The topological polar surface area (TPSA) is 51.8 Å². The predicted octanol–water partition coefficient (Wildman–Crippen LogP) is 2.48. The number of rotatable bonds is 3. The molecule has 3 rings (SSSR count). The molecular weight excluding hydrogens is 321 g/mol. The van der Waals surface area contributed by atoms with Crippen LogP contribution in [0, 0.1) is 6.92 Å². The first kappa shape index (κ1) is 16.9. The van der Waals surface area contributed by atoms with Gasteiger partial charge in [-0.1, -0.05) is 13.8 Å². The molecule has 0 aliphatic carbocycles. The first-order valence-electron chi connectivity index (χ1n) is 7.92. The fourth-order valence-corrected chi connectivity index (χ4v) is 3.42. The van der Waals surface area contributed by atoms with Crippen LogP contribution in [0.5, 0.6) is 0 Å². The van der Waals surface area contributed by atoms with Gasteiger partial charge in [-0.3, -0.25) is 9.58 Å². The lowest BCUT2D eigenvalue weighted by Crippen LogP contribution is -2.35. The molecule has 2 aromatic rings. The van der Waals surface area contributed by atoms with Gasteiger partial charge in [-0.2, -0.15) is 18.3 Å². The third-order valence-corrected chi connectivity index (χ3v) is 4.44. The van der Waals surface area contributed by atoms with E-state index in [1.165, 1.54) is 10.3 Å². The Labute approximate surface area is 138 Å². The van der Waals surface area contributed by atoms with E-state index >= 15 is 0 Å². The van der Waals surface area contributed by atoms with E-state index in [4.69, 9.17) is 0 Å². The van der Waals surface area contributed by atoms with E-state index in [0.717, 1.165) is 11.3 Å². The Balaban J connectivity index is 1.78. The van der Waals surface area contributed by atoms with Crippen LogP contribution in [0.25, 0.3) is 0 Å². The largest absolute Gasteiger partial charge is 0.451 e. The highest BCUT2D eigenvalue weighted by atomic mass is 19.4. The zero-order chi connectivity index (χ0) is 17.6. The Morgan fingerprint density at radius 3 is 2.46 bits per heavy atom. The number of aromatic nitrogens is 5. The molecule has 24 heavy (non-hydrogen) atoms. The molecule has 0 bridgehead atoms.